The molecule has 4 aliphatic rings. The Morgan fingerprint density at radius 2 is 2.18 bits per heavy atom. The van der Waals surface area contributed by atoms with Crippen LogP contribution in [-0.2, 0) is 0 Å². The summed E-state index contributed by atoms with van der Waals surface area (Å²) in [5.41, 5.74) is 4.96. The fourth-order valence-electron chi connectivity index (χ4n) is 5.72. The van der Waals surface area contributed by atoms with E-state index in [4.69, 9.17) is 0 Å². The van der Waals surface area contributed by atoms with Gasteiger partial charge in [0.05, 0.1) is 6.10 Å². The van der Waals surface area contributed by atoms with Crippen LogP contribution in [0.25, 0.3) is 0 Å². The van der Waals surface area contributed by atoms with Crippen molar-refractivity contribution < 1.29 is 5.11 Å². The first-order valence-corrected chi connectivity index (χ1v) is 9.17. The van der Waals surface area contributed by atoms with E-state index in [0.717, 1.165) is 19.3 Å². The van der Waals surface area contributed by atoms with E-state index >= 15 is 0 Å². The minimum absolute atomic E-state index is 0.0266. The molecule has 4 atom stereocenters. The fraction of sp³-hybridized carbons (Fsp3) is 0.619. The predicted molar refractivity (Wildman–Crippen MR) is 91.4 cm³/mol. The van der Waals surface area contributed by atoms with Gasteiger partial charge in [-0.1, -0.05) is 24.3 Å². The summed E-state index contributed by atoms with van der Waals surface area (Å²) in [7, 11) is 0. The first kappa shape index (κ1) is 14.5. The normalized spacial score (nSPS) is 39.9. The largest absolute Gasteiger partial charge is 0.392 e. The lowest BCUT2D eigenvalue weighted by molar-refractivity contribution is 0.0383. The molecule has 0 radical (unpaired) electrons. The van der Waals surface area contributed by atoms with Crippen molar-refractivity contribution in [3.05, 3.63) is 47.6 Å². The second-order valence-corrected chi connectivity index (χ2v) is 7.67. The molecule has 22 heavy (non-hydrogen) atoms. The molecular formula is C21H28O. The van der Waals surface area contributed by atoms with Crippen molar-refractivity contribution in [3.63, 3.8) is 0 Å². The van der Waals surface area contributed by atoms with Gasteiger partial charge in [0, 0.05) is 5.41 Å². The Bertz CT molecular complexity index is 564. The molecule has 0 unspecified atom stereocenters. The van der Waals surface area contributed by atoms with Gasteiger partial charge in [-0.25, -0.2) is 0 Å². The molecule has 0 aliphatic heterocycles. The summed E-state index contributed by atoms with van der Waals surface area (Å²) >= 11 is 0. The Morgan fingerprint density at radius 1 is 1.27 bits per heavy atom. The summed E-state index contributed by atoms with van der Waals surface area (Å²) in [5.74, 6) is 1.34. The average Bonchev–Trinajstić information content (AvgIpc) is 2.90. The molecular weight excluding hydrogens is 268 g/mol. The highest BCUT2D eigenvalue weighted by molar-refractivity contribution is 5.48. The van der Waals surface area contributed by atoms with Crippen LogP contribution in [0.5, 0.6) is 0 Å². The molecule has 0 aromatic carbocycles. The third kappa shape index (κ3) is 2.01. The van der Waals surface area contributed by atoms with Crippen molar-refractivity contribution in [1.29, 1.82) is 0 Å². The molecule has 0 heterocycles. The third-order valence-electron chi connectivity index (χ3n) is 6.78. The van der Waals surface area contributed by atoms with E-state index in [2.05, 4.69) is 24.8 Å². The van der Waals surface area contributed by atoms with Crippen LogP contribution in [0.2, 0.25) is 0 Å². The summed E-state index contributed by atoms with van der Waals surface area (Å²) in [4.78, 5) is 0. The molecule has 4 rings (SSSR count). The molecule has 0 bridgehead atoms. The highest BCUT2D eigenvalue weighted by Crippen LogP contribution is 2.59. The quantitative estimate of drug-likeness (QED) is 0.719. The van der Waals surface area contributed by atoms with Gasteiger partial charge >= 0.3 is 0 Å². The van der Waals surface area contributed by atoms with E-state index in [1.54, 1.807) is 16.7 Å². The zero-order valence-corrected chi connectivity index (χ0v) is 13.6. The minimum Gasteiger partial charge on any atom is -0.392 e. The van der Waals surface area contributed by atoms with Crippen molar-refractivity contribution in [2.24, 2.45) is 17.3 Å². The molecule has 0 aromatic rings. The molecule has 1 nitrogen and oxygen atoms in total. The van der Waals surface area contributed by atoms with Gasteiger partial charge < -0.3 is 5.11 Å². The second kappa shape index (κ2) is 5.53. The first-order chi connectivity index (χ1) is 10.8. The summed E-state index contributed by atoms with van der Waals surface area (Å²) in [6.45, 7) is 3.89. The molecule has 0 spiro atoms. The molecule has 118 valence electrons. The number of rotatable bonds is 3. The maximum atomic E-state index is 10.7. The number of fused-ring (bicyclic) bond motifs is 4. The highest BCUT2D eigenvalue weighted by Gasteiger charge is 2.53. The molecule has 1 N–H and O–H groups in total. The lowest BCUT2D eigenvalue weighted by Crippen LogP contribution is -2.41. The van der Waals surface area contributed by atoms with E-state index in [1.165, 1.54) is 38.5 Å². The first-order valence-electron chi connectivity index (χ1n) is 9.17. The summed E-state index contributed by atoms with van der Waals surface area (Å²) in [6.07, 6.45) is 19.8. The van der Waals surface area contributed by atoms with Gasteiger partial charge in [0.1, 0.15) is 0 Å². The van der Waals surface area contributed by atoms with Gasteiger partial charge in [0.2, 0.25) is 0 Å². The topological polar surface area (TPSA) is 20.2 Å². The van der Waals surface area contributed by atoms with Crippen molar-refractivity contribution in [2.75, 3.05) is 0 Å². The van der Waals surface area contributed by atoms with Gasteiger partial charge in [-0.2, -0.15) is 0 Å². The monoisotopic (exact) mass is 296 g/mol. The SMILES string of the molecule is C=CCC[C@]12C=CC3=C4CCCC=C4CC[C@H]3[C@@H]1CC[C@@H]2O. The Hall–Kier alpha value is -1.08. The minimum atomic E-state index is -0.149. The van der Waals surface area contributed by atoms with Crippen molar-refractivity contribution in [1.82, 2.24) is 0 Å². The number of allylic oxidation sites excluding steroid dienone is 6. The zero-order valence-electron chi connectivity index (χ0n) is 13.6. The van der Waals surface area contributed by atoms with Gasteiger partial charge in [0.25, 0.3) is 0 Å². The molecule has 0 aromatic heterocycles. The zero-order chi connectivity index (χ0) is 15.2. The van der Waals surface area contributed by atoms with E-state index in [9.17, 15) is 5.11 Å². The maximum Gasteiger partial charge on any atom is 0.0634 e. The van der Waals surface area contributed by atoms with Crippen LogP contribution < -0.4 is 0 Å². The van der Waals surface area contributed by atoms with Crippen LogP contribution in [0, 0.1) is 17.3 Å². The predicted octanol–water partition coefficient (Wildman–Crippen LogP) is 5.10. The van der Waals surface area contributed by atoms with Crippen LogP contribution in [-0.4, -0.2) is 11.2 Å². The summed E-state index contributed by atoms with van der Waals surface area (Å²) < 4.78 is 0. The molecule has 4 aliphatic carbocycles. The Labute approximate surface area is 134 Å². The van der Waals surface area contributed by atoms with Gasteiger partial charge in [-0.05, 0) is 86.3 Å². The van der Waals surface area contributed by atoms with Crippen LogP contribution in [0.1, 0.15) is 57.8 Å². The van der Waals surface area contributed by atoms with Crippen LogP contribution in [0.3, 0.4) is 0 Å². The molecule has 1 fully saturated rings. The summed E-state index contributed by atoms with van der Waals surface area (Å²) in [6, 6.07) is 0. The van der Waals surface area contributed by atoms with E-state index < -0.39 is 0 Å². The highest BCUT2D eigenvalue weighted by atomic mass is 16.3. The molecule has 0 amide bonds. The summed E-state index contributed by atoms with van der Waals surface area (Å²) in [5, 5.41) is 10.7. The number of hydrogen-bond acceptors (Lipinski definition) is 1. The lowest BCUT2D eigenvalue weighted by Gasteiger charge is -2.46. The lowest BCUT2D eigenvalue weighted by atomic mass is 9.58. The standard InChI is InChI=1S/C21H28O/c1-2-3-13-21-14-12-17-16-7-5-4-6-15(16)8-9-18(17)19(21)10-11-20(21)22/h2,6,12,14,18-20,22H,1,3-5,7-11,13H2/t18-,19+,20+,21+/m1/s1. The van der Waals surface area contributed by atoms with Crippen LogP contribution >= 0.6 is 0 Å². The molecule has 1 saturated carbocycles. The number of hydrogen-bond donors (Lipinski definition) is 1. The smallest absolute Gasteiger partial charge is 0.0634 e. The average molecular weight is 296 g/mol. The fourth-order valence-corrected chi connectivity index (χ4v) is 5.72. The van der Waals surface area contributed by atoms with E-state index in [1.807, 2.05) is 6.08 Å². The van der Waals surface area contributed by atoms with Crippen molar-refractivity contribution >= 4 is 0 Å². The number of aliphatic hydroxyl groups is 1. The number of aliphatic hydroxyl groups excluding tert-OH is 1. The van der Waals surface area contributed by atoms with Gasteiger partial charge in [0.15, 0.2) is 0 Å². The molecule has 0 saturated heterocycles. The maximum absolute atomic E-state index is 10.7. The second-order valence-electron chi connectivity index (χ2n) is 7.67. The van der Waals surface area contributed by atoms with Crippen LogP contribution in [0.15, 0.2) is 47.6 Å². The molecule has 1 heteroatoms. The van der Waals surface area contributed by atoms with Crippen LogP contribution in [0.4, 0.5) is 0 Å². The Morgan fingerprint density at radius 3 is 3.05 bits per heavy atom. The third-order valence-corrected chi connectivity index (χ3v) is 6.78. The Kier molecular flexibility index (Phi) is 3.64. The van der Waals surface area contributed by atoms with Crippen molar-refractivity contribution in [2.45, 2.75) is 63.9 Å². The van der Waals surface area contributed by atoms with Gasteiger partial charge in [-0.15, -0.1) is 6.58 Å². The van der Waals surface area contributed by atoms with Gasteiger partial charge in [-0.3, -0.25) is 0 Å². The van der Waals surface area contributed by atoms with E-state index in [0.29, 0.717) is 11.8 Å². The Balaban J connectivity index is 1.76. The van der Waals surface area contributed by atoms with E-state index in [-0.39, 0.29) is 11.5 Å². The van der Waals surface area contributed by atoms with Crippen molar-refractivity contribution in [3.8, 4) is 0 Å².